The van der Waals surface area contributed by atoms with E-state index in [-0.39, 0.29) is 12.4 Å². The van der Waals surface area contributed by atoms with E-state index in [1.807, 2.05) is 6.92 Å². The summed E-state index contributed by atoms with van der Waals surface area (Å²) in [6.45, 7) is 6.52. The Morgan fingerprint density at radius 3 is 2.21 bits per heavy atom. The highest BCUT2D eigenvalue weighted by atomic mass is 16.5. The van der Waals surface area contributed by atoms with Crippen LogP contribution in [0.3, 0.4) is 0 Å². The van der Waals surface area contributed by atoms with Crippen molar-refractivity contribution in [1.82, 2.24) is 0 Å². The predicted molar refractivity (Wildman–Crippen MR) is 51.1 cm³/mol. The van der Waals surface area contributed by atoms with E-state index < -0.39 is 5.97 Å². The second kappa shape index (κ2) is 11.7. The van der Waals surface area contributed by atoms with Crippen molar-refractivity contribution in [2.24, 2.45) is 0 Å². The molecule has 0 aliphatic carbocycles. The van der Waals surface area contributed by atoms with Crippen LogP contribution in [0.25, 0.3) is 0 Å². The van der Waals surface area contributed by atoms with Crippen molar-refractivity contribution in [3.8, 4) is 0 Å². The molecule has 0 atom stereocenters. The molecule has 0 bridgehead atoms. The Hall–Kier alpha value is -1.32. The van der Waals surface area contributed by atoms with Gasteiger partial charge in [-0.3, -0.25) is 4.79 Å². The Bertz CT molecular complexity index is 175. The quantitative estimate of drug-likeness (QED) is 0.378. The Kier molecular flexibility index (Phi) is 12.7. The molecular weight excluding hydrogens is 184 g/mol. The number of rotatable bonds is 5. The number of carbonyl (C=O) groups excluding carboxylic acids is 2. The molecule has 4 heteroatoms. The van der Waals surface area contributed by atoms with E-state index in [2.05, 4.69) is 11.3 Å². The minimum Gasteiger partial charge on any atom is -0.550 e. The maximum absolute atomic E-state index is 9.76. The summed E-state index contributed by atoms with van der Waals surface area (Å²) in [6.07, 6.45) is 4.14. The van der Waals surface area contributed by atoms with Gasteiger partial charge in [-0.25, -0.2) is 0 Å². The third kappa shape index (κ3) is 22.4. The Morgan fingerprint density at radius 1 is 1.43 bits per heavy atom. The number of carbonyl (C=O) groups is 2. The lowest BCUT2D eigenvalue weighted by molar-refractivity contribution is -0.305. The van der Waals surface area contributed by atoms with Crippen molar-refractivity contribution in [1.29, 1.82) is 0 Å². The predicted octanol–water partition coefficient (Wildman–Crippen LogP) is 1.01. The van der Waals surface area contributed by atoms with E-state index in [0.29, 0.717) is 0 Å². The average Bonchev–Trinajstić information content (AvgIpc) is 2.05. The van der Waals surface area contributed by atoms with Crippen molar-refractivity contribution >= 4 is 11.9 Å². The van der Waals surface area contributed by atoms with Crippen LogP contribution in [0, 0.1) is 0 Å². The van der Waals surface area contributed by atoms with Crippen LogP contribution in [-0.4, -0.2) is 11.9 Å². The first-order valence-electron chi connectivity index (χ1n) is 4.52. The number of hydrogen-bond acceptors (Lipinski definition) is 4. The molecule has 0 spiro atoms. The van der Waals surface area contributed by atoms with Gasteiger partial charge in [0, 0.05) is 12.9 Å². The van der Waals surface area contributed by atoms with Crippen LogP contribution in [0.1, 0.15) is 39.5 Å². The summed E-state index contributed by atoms with van der Waals surface area (Å²) in [6, 6.07) is 0. The molecule has 0 amide bonds. The fourth-order valence-electron chi connectivity index (χ4n) is 0.637. The highest BCUT2D eigenvalue weighted by Gasteiger charge is 1.84. The van der Waals surface area contributed by atoms with Crippen LogP contribution in [0.15, 0.2) is 12.8 Å². The molecule has 0 saturated carbocycles. The summed E-state index contributed by atoms with van der Waals surface area (Å²) in [5.41, 5.74) is 0. The molecule has 4 nitrogen and oxygen atoms in total. The summed E-state index contributed by atoms with van der Waals surface area (Å²) >= 11 is 0. The highest BCUT2D eigenvalue weighted by Crippen LogP contribution is 1.96. The molecule has 0 aromatic heterocycles. The van der Waals surface area contributed by atoms with Crippen molar-refractivity contribution in [3.63, 3.8) is 0 Å². The van der Waals surface area contributed by atoms with E-state index in [9.17, 15) is 14.7 Å². The van der Waals surface area contributed by atoms with Crippen LogP contribution in [0.2, 0.25) is 0 Å². The lowest BCUT2D eigenvalue weighted by atomic mass is 10.2. The van der Waals surface area contributed by atoms with Crippen LogP contribution in [0.4, 0.5) is 0 Å². The van der Waals surface area contributed by atoms with Gasteiger partial charge < -0.3 is 14.6 Å². The first kappa shape index (κ1) is 15.2. The first-order valence-corrected chi connectivity index (χ1v) is 4.52. The van der Waals surface area contributed by atoms with Crippen molar-refractivity contribution in [3.05, 3.63) is 12.8 Å². The summed E-state index contributed by atoms with van der Waals surface area (Å²) < 4.78 is 4.17. The van der Waals surface area contributed by atoms with E-state index in [4.69, 9.17) is 0 Å². The van der Waals surface area contributed by atoms with E-state index in [1.54, 1.807) is 0 Å². The second-order valence-corrected chi connectivity index (χ2v) is 2.61. The van der Waals surface area contributed by atoms with Gasteiger partial charge >= 0.3 is 5.97 Å². The monoisotopic (exact) mass is 201 g/mol. The Morgan fingerprint density at radius 2 is 2.00 bits per heavy atom. The van der Waals surface area contributed by atoms with Gasteiger partial charge in [-0.2, -0.15) is 0 Å². The highest BCUT2D eigenvalue weighted by molar-refractivity contribution is 5.66. The number of carboxylic acid groups (broad SMARTS) is 1. The largest absolute Gasteiger partial charge is 0.550 e. The number of aliphatic carboxylic acids is 1. The van der Waals surface area contributed by atoms with Gasteiger partial charge in [0.2, 0.25) is 0 Å². The molecule has 0 aromatic rings. The zero-order valence-corrected chi connectivity index (χ0v) is 8.75. The normalized spacial score (nSPS) is 8.14. The number of carboxylic acids is 1. The molecule has 0 N–H and O–H groups in total. The van der Waals surface area contributed by atoms with Crippen molar-refractivity contribution in [2.75, 3.05) is 0 Å². The molecule has 0 aromatic carbocycles. The summed E-state index contributed by atoms with van der Waals surface area (Å²) in [5.74, 6) is -1.26. The molecule has 0 aliphatic rings. The van der Waals surface area contributed by atoms with Crippen molar-refractivity contribution < 1.29 is 19.4 Å². The van der Waals surface area contributed by atoms with Crippen molar-refractivity contribution in [2.45, 2.75) is 39.5 Å². The van der Waals surface area contributed by atoms with E-state index >= 15 is 0 Å². The van der Waals surface area contributed by atoms with Gasteiger partial charge in [0.15, 0.2) is 0 Å². The zero-order chi connectivity index (χ0) is 11.4. The first-order chi connectivity index (χ1) is 6.54. The van der Waals surface area contributed by atoms with Crippen LogP contribution in [0.5, 0.6) is 0 Å². The van der Waals surface area contributed by atoms with Gasteiger partial charge in [0.05, 0.1) is 6.26 Å². The number of unbranched alkanes of at least 4 members (excludes halogenated alkanes) is 2. The molecule has 0 aliphatic heterocycles. The van der Waals surface area contributed by atoms with Gasteiger partial charge in [0.25, 0.3) is 0 Å². The minimum atomic E-state index is -0.932. The maximum Gasteiger partial charge on any atom is 0.307 e. The molecule has 0 fully saturated rings. The number of ether oxygens (including phenoxy) is 1. The molecule has 0 radical (unpaired) electrons. The van der Waals surface area contributed by atoms with Gasteiger partial charge in [-0.05, 0) is 12.8 Å². The Balaban J connectivity index is 0. The maximum atomic E-state index is 9.76. The summed E-state index contributed by atoms with van der Waals surface area (Å²) in [7, 11) is 0. The zero-order valence-electron chi connectivity index (χ0n) is 8.75. The van der Waals surface area contributed by atoms with Gasteiger partial charge in [-0.15, -0.1) is 0 Å². The molecule has 0 unspecified atom stereocenters. The minimum absolute atomic E-state index is 0.216. The van der Waals surface area contributed by atoms with E-state index in [0.717, 1.165) is 25.5 Å². The smallest absolute Gasteiger partial charge is 0.307 e. The standard InChI is InChI=1S/C6H12O2.C4H6O2/c1-2-3-4-5-6(7)8;1-3-6-4(2)5/h2-5H2,1H3,(H,7,8);3H,1H2,2H3/p-1. The second-order valence-electron chi connectivity index (χ2n) is 2.61. The van der Waals surface area contributed by atoms with Gasteiger partial charge in [0.1, 0.15) is 0 Å². The molecule has 0 heterocycles. The van der Waals surface area contributed by atoms with Crippen LogP contribution in [-0.2, 0) is 14.3 Å². The average molecular weight is 201 g/mol. The molecule has 82 valence electrons. The lowest BCUT2D eigenvalue weighted by Gasteiger charge is -1.97. The molecular formula is C10H17O4-. The van der Waals surface area contributed by atoms with E-state index in [1.165, 1.54) is 6.92 Å². The molecule has 0 saturated heterocycles. The summed E-state index contributed by atoms with van der Waals surface area (Å²) in [4.78, 5) is 19.5. The SMILES string of the molecule is C=COC(C)=O.CCCCCC(=O)[O-]. The Labute approximate surface area is 84.6 Å². The third-order valence-corrected chi connectivity index (χ3v) is 1.23. The van der Waals surface area contributed by atoms with Gasteiger partial charge in [-0.1, -0.05) is 26.3 Å². The van der Waals surface area contributed by atoms with Crippen LogP contribution >= 0.6 is 0 Å². The summed E-state index contributed by atoms with van der Waals surface area (Å²) in [5, 5.41) is 9.76. The van der Waals surface area contributed by atoms with Crippen LogP contribution < -0.4 is 5.11 Å². The lowest BCUT2D eigenvalue weighted by Crippen LogP contribution is -2.21. The fourth-order valence-corrected chi connectivity index (χ4v) is 0.637. The molecule has 14 heavy (non-hydrogen) atoms. The number of hydrogen-bond donors (Lipinski definition) is 0. The topological polar surface area (TPSA) is 66.4 Å². The number of esters is 1. The molecule has 0 rings (SSSR count). The fraction of sp³-hybridized carbons (Fsp3) is 0.600. The third-order valence-electron chi connectivity index (χ3n) is 1.23.